The Hall–Kier alpha value is 0.340. The van der Waals surface area contributed by atoms with Crippen LogP contribution in [0.1, 0.15) is 17.7 Å². The van der Waals surface area contributed by atoms with Gasteiger partial charge in [0.15, 0.2) is 0 Å². The van der Waals surface area contributed by atoms with Gasteiger partial charge in [-0.15, -0.1) is 22.9 Å². The molecule has 1 aromatic heterocycles. The number of hydrogen-bond donors (Lipinski definition) is 0. The van der Waals surface area contributed by atoms with Crippen molar-refractivity contribution in [1.82, 2.24) is 9.21 Å². The summed E-state index contributed by atoms with van der Waals surface area (Å²) < 4.78 is 27.6. The molecule has 1 saturated heterocycles. The van der Waals surface area contributed by atoms with Crippen LogP contribution in [0.4, 0.5) is 0 Å². The van der Waals surface area contributed by atoms with E-state index in [9.17, 15) is 8.42 Å². The van der Waals surface area contributed by atoms with Gasteiger partial charge in [-0.2, -0.15) is 4.31 Å². The largest absolute Gasteiger partial charge is 0.298 e. The van der Waals surface area contributed by atoms with E-state index in [1.807, 2.05) is 0 Å². The van der Waals surface area contributed by atoms with Crippen LogP contribution in [-0.2, 0) is 15.9 Å². The number of halogens is 2. The standard InChI is InChI=1S/C12H16BrClN2O2S2/c13-12-11(7-10(8-14)19-12)20(17,18)16-5-3-15(4-6-16)9-1-2-9/h7,9H,1-6,8H2. The number of thiophene rings is 1. The highest BCUT2D eigenvalue weighted by atomic mass is 79.9. The molecule has 4 nitrogen and oxygen atoms in total. The number of nitrogens with zero attached hydrogens (tertiary/aromatic N) is 2. The molecule has 20 heavy (non-hydrogen) atoms. The lowest BCUT2D eigenvalue weighted by Crippen LogP contribution is -2.49. The second-order valence-corrected chi connectivity index (χ2v) is 9.78. The topological polar surface area (TPSA) is 40.6 Å². The number of sulfonamides is 1. The van der Waals surface area contributed by atoms with Gasteiger partial charge in [0.25, 0.3) is 0 Å². The van der Waals surface area contributed by atoms with E-state index in [0.717, 1.165) is 18.0 Å². The van der Waals surface area contributed by atoms with Crippen LogP contribution in [0.25, 0.3) is 0 Å². The van der Waals surface area contributed by atoms with Crippen molar-refractivity contribution < 1.29 is 8.42 Å². The van der Waals surface area contributed by atoms with E-state index in [1.165, 1.54) is 24.2 Å². The summed E-state index contributed by atoms with van der Waals surface area (Å²) in [5, 5.41) is 0. The Bertz CT molecular complexity index is 593. The fourth-order valence-corrected chi connectivity index (χ4v) is 6.67. The summed E-state index contributed by atoms with van der Waals surface area (Å²) in [7, 11) is -3.40. The first kappa shape index (κ1) is 15.2. The Labute approximate surface area is 136 Å². The monoisotopic (exact) mass is 398 g/mol. The van der Waals surface area contributed by atoms with Gasteiger partial charge in [0.05, 0.1) is 9.67 Å². The maximum atomic E-state index is 12.7. The summed E-state index contributed by atoms with van der Waals surface area (Å²) in [6.45, 7) is 2.84. The zero-order chi connectivity index (χ0) is 14.3. The summed E-state index contributed by atoms with van der Waals surface area (Å²) in [5.41, 5.74) is 0. The highest BCUT2D eigenvalue weighted by Gasteiger charge is 2.35. The molecule has 0 radical (unpaired) electrons. The Kier molecular flexibility index (Phi) is 4.46. The van der Waals surface area contributed by atoms with Crippen molar-refractivity contribution in [3.05, 3.63) is 14.7 Å². The third kappa shape index (κ3) is 2.94. The second kappa shape index (κ2) is 5.85. The Balaban J connectivity index is 1.76. The van der Waals surface area contributed by atoms with Crippen molar-refractivity contribution >= 4 is 48.9 Å². The van der Waals surface area contributed by atoms with Gasteiger partial charge >= 0.3 is 0 Å². The first-order valence-electron chi connectivity index (χ1n) is 6.61. The van der Waals surface area contributed by atoms with Crippen LogP contribution in [0.3, 0.4) is 0 Å². The minimum Gasteiger partial charge on any atom is -0.298 e. The summed E-state index contributed by atoms with van der Waals surface area (Å²) in [4.78, 5) is 3.63. The maximum absolute atomic E-state index is 12.7. The average Bonchev–Trinajstić information content (AvgIpc) is 3.21. The average molecular weight is 400 g/mol. The predicted molar refractivity (Wildman–Crippen MR) is 84.9 cm³/mol. The molecule has 2 aliphatic rings. The van der Waals surface area contributed by atoms with Crippen LogP contribution in [-0.4, -0.2) is 49.8 Å². The number of alkyl halides is 1. The van der Waals surface area contributed by atoms with Crippen LogP contribution in [0.5, 0.6) is 0 Å². The van der Waals surface area contributed by atoms with E-state index in [1.54, 1.807) is 10.4 Å². The number of hydrogen-bond acceptors (Lipinski definition) is 4. The van der Waals surface area contributed by atoms with Gasteiger partial charge in [-0.3, -0.25) is 4.90 Å². The molecule has 112 valence electrons. The molecule has 1 aliphatic heterocycles. The summed E-state index contributed by atoms with van der Waals surface area (Å²) in [5.74, 6) is 0.342. The van der Waals surface area contributed by atoms with Crippen molar-refractivity contribution in [3.8, 4) is 0 Å². The molecule has 2 fully saturated rings. The van der Waals surface area contributed by atoms with Crippen molar-refractivity contribution in [1.29, 1.82) is 0 Å². The Morgan fingerprint density at radius 1 is 1.30 bits per heavy atom. The highest BCUT2D eigenvalue weighted by Crippen LogP contribution is 2.35. The van der Waals surface area contributed by atoms with Crippen LogP contribution >= 0.6 is 38.9 Å². The molecule has 0 N–H and O–H groups in total. The molecule has 1 aromatic rings. The molecular formula is C12H16BrClN2O2S2. The molecule has 0 spiro atoms. The summed E-state index contributed by atoms with van der Waals surface area (Å²) in [6, 6.07) is 2.39. The molecule has 0 aromatic carbocycles. The molecule has 0 atom stereocenters. The van der Waals surface area contributed by atoms with Crippen LogP contribution in [0.15, 0.2) is 14.7 Å². The first-order valence-corrected chi connectivity index (χ1v) is 10.2. The van der Waals surface area contributed by atoms with Crippen molar-refractivity contribution in [2.45, 2.75) is 29.7 Å². The van der Waals surface area contributed by atoms with Gasteiger partial charge in [-0.05, 0) is 34.8 Å². The Morgan fingerprint density at radius 3 is 2.45 bits per heavy atom. The molecule has 0 unspecified atom stereocenters. The molecule has 8 heteroatoms. The van der Waals surface area contributed by atoms with E-state index < -0.39 is 10.0 Å². The minimum absolute atomic E-state index is 0.342. The SMILES string of the molecule is O=S(=O)(c1cc(CCl)sc1Br)N1CCN(C2CC2)CC1. The quantitative estimate of drug-likeness (QED) is 0.731. The zero-order valence-electron chi connectivity index (χ0n) is 10.9. The van der Waals surface area contributed by atoms with E-state index in [4.69, 9.17) is 11.6 Å². The molecule has 3 rings (SSSR count). The maximum Gasteiger partial charge on any atom is 0.245 e. The molecular weight excluding hydrogens is 384 g/mol. The third-order valence-corrected chi connectivity index (χ3v) is 8.39. The fourth-order valence-electron chi connectivity index (χ4n) is 2.53. The van der Waals surface area contributed by atoms with Gasteiger partial charge in [0.2, 0.25) is 10.0 Å². The van der Waals surface area contributed by atoms with Crippen molar-refractivity contribution in [2.75, 3.05) is 26.2 Å². The Morgan fingerprint density at radius 2 is 1.95 bits per heavy atom. The molecule has 1 saturated carbocycles. The third-order valence-electron chi connectivity index (χ3n) is 3.79. The van der Waals surface area contributed by atoms with Gasteiger partial charge in [-0.1, -0.05) is 0 Å². The molecule has 1 aliphatic carbocycles. The summed E-state index contributed by atoms with van der Waals surface area (Å²) >= 11 is 10.5. The normalized spacial score (nSPS) is 22.3. The van der Waals surface area contributed by atoms with Crippen LogP contribution in [0.2, 0.25) is 0 Å². The highest BCUT2D eigenvalue weighted by molar-refractivity contribution is 9.11. The smallest absolute Gasteiger partial charge is 0.245 e. The van der Waals surface area contributed by atoms with Gasteiger partial charge in [-0.25, -0.2) is 8.42 Å². The molecule has 0 amide bonds. The minimum atomic E-state index is -3.40. The second-order valence-electron chi connectivity index (χ2n) is 5.16. The van der Waals surface area contributed by atoms with Gasteiger partial charge < -0.3 is 0 Å². The van der Waals surface area contributed by atoms with E-state index in [-0.39, 0.29) is 0 Å². The van der Waals surface area contributed by atoms with E-state index in [2.05, 4.69) is 20.8 Å². The lowest BCUT2D eigenvalue weighted by Gasteiger charge is -2.33. The van der Waals surface area contributed by atoms with Crippen molar-refractivity contribution in [3.63, 3.8) is 0 Å². The van der Waals surface area contributed by atoms with Gasteiger partial charge in [0.1, 0.15) is 4.90 Å². The molecule has 0 bridgehead atoms. The first-order chi connectivity index (χ1) is 9.52. The predicted octanol–water partition coefficient (Wildman–Crippen LogP) is 2.72. The van der Waals surface area contributed by atoms with Crippen LogP contribution in [0, 0.1) is 0 Å². The fraction of sp³-hybridized carbons (Fsp3) is 0.667. The number of piperazine rings is 1. The van der Waals surface area contributed by atoms with E-state index in [0.29, 0.717) is 33.7 Å². The van der Waals surface area contributed by atoms with Gasteiger partial charge in [0, 0.05) is 37.1 Å². The number of rotatable bonds is 4. The van der Waals surface area contributed by atoms with E-state index >= 15 is 0 Å². The van der Waals surface area contributed by atoms with Crippen LogP contribution < -0.4 is 0 Å². The lowest BCUT2D eigenvalue weighted by atomic mass is 10.3. The zero-order valence-corrected chi connectivity index (χ0v) is 14.9. The lowest BCUT2D eigenvalue weighted by molar-refractivity contribution is 0.180. The van der Waals surface area contributed by atoms with Crippen molar-refractivity contribution in [2.24, 2.45) is 0 Å². The summed E-state index contributed by atoms with van der Waals surface area (Å²) in [6.07, 6.45) is 2.53. The molecule has 2 heterocycles.